The summed E-state index contributed by atoms with van der Waals surface area (Å²) in [6.45, 7) is 5.62. The smallest absolute Gasteiger partial charge is 0.0482 e. The van der Waals surface area contributed by atoms with E-state index < -0.39 is 0 Å². The van der Waals surface area contributed by atoms with Crippen LogP contribution in [-0.4, -0.2) is 4.57 Å². The minimum atomic E-state index is 1.17. The van der Waals surface area contributed by atoms with Gasteiger partial charge in [-0.2, -0.15) is 0 Å². The molecule has 0 bridgehead atoms. The van der Waals surface area contributed by atoms with Crippen molar-refractivity contribution in [2.24, 2.45) is 0 Å². The van der Waals surface area contributed by atoms with Gasteiger partial charge >= 0.3 is 0 Å². The Kier molecular flexibility index (Phi) is 6.17. The molecule has 0 radical (unpaired) electrons. The van der Waals surface area contributed by atoms with Crippen molar-refractivity contribution in [1.29, 1.82) is 0 Å². The van der Waals surface area contributed by atoms with Crippen LogP contribution in [0.4, 0.5) is 0 Å². The van der Waals surface area contributed by atoms with E-state index in [1.54, 1.807) is 0 Å². The minimum Gasteiger partial charge on any atom is -0.347 e. The number of hydrogen-bond acceptors (Lipinski definition) is 0. The zero-order valence-corrected chi connectivity index (χ0v) is 13.2. The van der Waals surface area contributed by atoms with Gasteiger partial charge in [-0.3, -0.25) is 0 Å². The van der Waals surface area contributed by atoms with Crippen LogP contribution in [0, 0.1) is 6.92 Å². The van der Waals surface area contributed by atoms with E-state index in [9.17, 15) is 0 Å². The molecule has 110 valence electrons. The second-order valence-corrected chi connectivity index (χ2v) is 6.05. The molecular weight excluding hydrogens is 242 g/mol. The molecule has 20 heavy (non-hydrogen) atoms. The van der Waals surface area contributed by atoms with Gasteiger partial charge in [0.1, 0.15) is 0 Å². The fourth-order valence-electron chi connectivity index (χ4n) is 2.90. The first-order valence-electron chi connectivity index (χ1n) is 8.37. The number of aromatic nitrogens is 1. The van der Waals surface area contributed by atoms with Gasteiger partial charge in [-0.1, -0.05) is 64.0 Å². The highest BCUT2D eigenvalue weighted by atomic mass is 14.9. The Morgan fingerprint density at radius 2 is 1.55 bits per heavy atom. The number of rotatable bonds is 9. The fraction of sp³-hybridized carbons (Fsp3) is 0.579. The molecule has 0 saturated heterocycles. The van der Waals surface area contributed by atoms with Crippen LogP contribution in [0.1, 0.15) is 63.9 Å². The average molecular weight is 271 g/mol. The Bertz CT molecular complexity index is 509. The largest absolute Gasteiger partial charge is 0.347 e. The number of fused-ring (bicyclic) bond motifs is 1. The fourth-order valence-corrected chi connectivity index (χ4v) is 2.90. The maximum atomic E-state index is 2.42. The van der Waals surface area contributed by atoms with Crippen LogP contribution in [0.15, 0.2) is 30.5 Å². The van der Waals surface area contributed by atoms with Gasteiger partial charge in [-0.25, -0.2) is 0 Å². The first-order valence-corrected chi connectivity index (χ1v) is 8.37. The van der Waals surface area contributed by atoms with E-state index in [1.807, 2.05) is 0 Å². The molecule has 1 aromatic carbocycles. The lowest BCUT2D eigenvalue weighted by atomic mass is 10.1. The first-order chi connectivity index (χ1) is 9.81. The molecule has 0 fully saturated rings. The highest BCUT2D eigenvalue weighted by molar-refractivity contribution is 5.80. The Labute approximate surface area is 124 Å². The predicted octanol–water partition coefficient (Wildman–Crippen LogP) is 6.09. The Morgan fingerprint density at radius 1 is 0.850 bits per heavy atom. The Balaban J connectivity index is 1.69. The van der Waals surface area contributed by atoms with Gasteiger partial charge in [0.2, 0.25) is 0 Å². The zero-order chi connectivity index (χ0) is 14.2. The van der Waals surface area contributed by atoms with Gasteiger partial charge in [0.05, 0.1) is 0 Å². The Hall–Kier alpha value is -1.24. The maximum Gasteiger partial charge on any atom is 0.0482 e. The topological polar surface area (TPSA) is 4.93 Å². The summed E-state index contributed by atoms with van der Waals surface area (Å²) >= 11 is 0. The van der Waals surface area contributed by atoms with E-state index in [1.165, 1.54) is 74.4 Å². The molecule has 2 rings (SSSR count). The molecule has 1 nitrogen and oxygen atoms in total. The summed E-state index contributed by atoms with van der Waals surface area (Å²) in [7, 11) is 0. The van der Waals surface area contributed by atoms with Gasteiger partial charge in [0.25, 0.3) is 0 Å². The molecule has 1 heteroatoms. The van der Waals surface area contributed by atoms with Crippen LogP contribution in [0.2, 0.25) is 0 Å². The standard InChI is InChI=1S/C19H29N/c1-3-4-5-6-7-8-9-10-14-20-15-13-18-12-11-17(2)16-19(18)20/h11-13,15-16H,3-10,14H2,1-2H3. The van der Waals surface area contributed by atoms with Crippen LogP contribution >= 0.6 is 0 Å². The molecule has 1 aromatic heterocycles. The molecule has 0 spiro atoms. The lowest BCUT2D eigenvalue weighted by Gasteiger charge is -2.06. The van der Waals surface area contributed by atoms with Crippen molar-refractivity contribution in [1.82, 2.24) is 4.57 Å². The van der Waals surface area contributed by atoms with E-state index in [0.717, 1.165) is 0 Å². The van der Waals surface area contributed by atoms with E-state index in [2.05, 4.69) is 48.9 Å². The Morgan fingerprint density at radius 3 is 2.30 bits per heavy atom. The van der Waals surface area contributed by atoms with E-state index in [0.29, 0.717) is 0 Å². The summed E-state index contributed by atoms with van der Waals surface area (Å²) in [6.07, 6.45) is 13.4. The van der Waals surface area contributed by atoms with Crippen molar-refractivity contribution in [3.8, 4) is 0 Å². The average Bonchev–Trinajstić information content (AvgIpc) is 2.84. The van der Waals surface area contributed by atoms with Gasteiger partial charge in [0, 0.05) is 18.3 Å². The van der Waals surface area contributed by atoms with Crippen LogP contribution in [-0.2, 0) is 6.54 Å². The number of aryl methyl sites for hydroxylation is 2. The minimum absolute atomic E-state index is 1.17. The summed E-state index contributed by atoms with van der Waals surface area (Å²) in [5.41, 5.74) is 2.75. The first kappa shape index (κ1) is 15.2. The molecular formula is C19H29N. The number of unbranched alkanes of at least 4 members (excludes halogenated alkanes) is 7. The van der Waals surface area contributed by atoms with Crippen LogP contribution in [0.25, 0.3) is 10.9 Å². The van der Waals surface area contributed by atoms with E-state index in [4.69, 9.17) is 0 Å². The molecule has 0 aliphatic carbocycles. The van der Waals surface area contributed by atoms with Crippen molar-refractivity contribution in [3.05, 3.63) is 36.0 Å². The van der Waals surface area contributed by atoms with E-state index >= 15 is 0 Å². The highest BCUT2D eigenvalue weighted by Crippen LogP contribution is 2.18. The molecule has 0 N–H and O–H groups in total. The third kappa shape index (κ3) is 4.40. The second-order valence-electron chi connectivity index (χ2n) is 6.05. The normalized spacial score (nSPS) is 11.3. The third-order valence-electron chi connectivity index (χ3n) is 4.18. The third-order valence-corrected chi connectivity index (χ3v) is 4.18. The molecule has 1 heterocycles. The van der Waals surface area contributed by atoms with Crippen LogP contribution in [0.5, 0.6) is 0 Å². The molecule has 0 amide bonds. The van der Waals surface area contributed by atoms with Gasteiger partial charge in [-0.15, -0.1) is 0 Å². The van der Waals surface area contributed by atoms with Crippen molar-refractivity contribution in [3.63, 3.8) is 0 Å². The highest BCUT2D eigenvalue weighted by Gasteiger charge is 2.00. The van der Waals surface area contributed by atoms with Gasteiger partial charge in [0.15, 0.2) is 0 Å². The summed E-state index contributed by atoms with van der Waals surface area (Å²) < 4.78 is 2.42. The molecule has 0 aliphatic rings. The monoisotopic (exact) mass is 271 g/mol. The number of nitrogens with zero attached hydrogens (tertiary/aromatic N) is 1. The molecule has 0 aliphatic heterocycles. The van der Waals surface area contributed by atoms with Crippen molar-refractivity contribution in [2.75, 3.05) is 0 Å². The summed E-state index contributed by atoms with van der Waals surface area (Å²) in [5, 5.41) is 1.37. The summed E-state index contributed by atoms with van der Waals surface area (Å²) in [4.78, 5) is 0. The molecule has 2 aromatic rings. The lowest BCUT2D eigenvalue weighted by molar-refractivity contribution is 0.549. The van der Waals surface area contributed by atoms with Crippen LogP contribution < -0.4 is 0 Å². The second kappa shape index (κ2) is 8.14. The molecule has 0 saturated carbocycles. The summed E-state index contributed by atoms with van der Waals surface area (Å²) in [6, 6.07) is 8.97. The van der Waals surface area contributed by atoms with Crippen molar-refractivity contribution >= 4 is 10.9 Å². The maximum absolute atomic E-state index is 2.42. The van der Waals surface area contributed by atoms with Gasteiger partial charge < -0.3 is 4.57 Å². The van der Waals surface area contributed by atoms with Crippen LogP contribution in [0.3, 0.4) is 0 Å². The molecule has 0 atom stereocenters. The summed E-state index contributed by atoms with van der Waals surface area (Å²) in [5.74, 6) is 0. The predicted molar refractivity (Wildman–Crippen MR) is 89.3 cm³/mol. The number of hydrogen-bond donors (Lipinski definition) is 0. The SMILES string of the molecule is CCCCCCCCCCn1ccc2ccc(C)cc21. The van der Waals surface area contributed by atoms with Crippen molar-refractivity contribution < 1.29 is 0 Å². The van der Waals surface area contributed by atoms with Crippen molar-refractivity contribution in [2.45, 2.75) is 71.8 Å². The molecule has 0 unspecified atom stereocenters. The van der Waals surface area contributed by atoms with Gasteiger partial charge in [-0.05, 0) is 36.4 Å². The zero-order valence-electron chi connectivity index (χ0n) is 13.2. The quantitative estimate of drug-likeness (QED) is 0.486. The number of benzene rings is 1. The van der Waals surface area contributed by atoms with E-state index in [-0.39, 0.29) is 0 Å². The lowest BCUT2D eigenvalue weighted by Crippen LogP contribution is -1.96.